The monoisotopic (exact) mass is 641 g/mol. The van der Waals surface area contributed by atoms with E-state index in [-0.39, 0.29) is 16.5 Å². The maximum absolute atomic E-state index is 11.6. The fourth-order valence-electron chi connectivity index (χ4n) is 5.39. The highest BCUT2D eigenvalue weighted by Gasteiger charge is 2.53. The average molecular weight is 642 g/mol. The van der Waals surface area contributed by atoms with Crippen molar-refractivity contribution < 1.29 is 69.6 Å². The van der Waals surface area contributed by atoms with Crippen LogP contribution in [0.4, 0.5) is 5.69 Å². The Bertz CT molecular complexity index is 1050. The van der Waals surface area contributed by atoms with Crippen LogP contribution in [0.2, 0.25) is 5.02 Å². The number of aliphatic hydroxyl groups is 8. The van der Waals surface area contributed by atoms with Crippen LogP contribution in [0.5, 0.6) is 5.75 Å². The highest BCUT2D eigenvalue weighted by atomic mass is 35.5. The maximum Gasteiger partial charge on any atom is 0.181 e. The van der Waals surface area contributed by atoms with Gasteiger partial charge in [0.25, 0.3) is 0 Å². The first-order valence-electron chi connectivity index (χ1n) is 13.6. The van der Waals surface area contributed by atoms with Gasteiger partial charge in [-0.15, -0.1) is 0 Å². The second-order valence-corrected chi connectivity index (χ2v) is 11.2. The Kier molecular flexibility index (Phi) is 11.4. The Morgan fingerprint density at radius 1 is 0.767 bits per heavy atom. The maximum atomic E-state index is 11.6. The first kappa shape index (κ1) is 34.4. The molecule has 3 aliphatic rings. The van der Waals surface area contributed by atoms with Crippen molar-refractivity contribution >= 4 is 17.3 Å². The first-order chi connectivity index (χ1) is 20.3. The molecule has 3 aliphatic heterocycles. The molecule has 3 saturated heterocycles. The number of nitrogens with two attached hydrogens (primary N) is 2. The van der Waals surface area contributed by atoms with Crippen molar-refractivity contribution in [2.24, 2.45) is 11.5 Å². The Morgan fingerprint density at radius 3 is 1.93 bits per heavy atom. The van der Waals surface area contributed by atoms with Crippen molar-refractivity contribution in [2.75, 3.05) is 25.1 Å². The zero-order valence-electron chi connectivity index (χ0n) is 23.0. The molecule has 43 heavy (non-hydrogen) atoms. The van der Waals surface area contributed by atoms with Crippen molar-refractivity contribution in [3.63, 3.8) is 0 Å². The van der Waals surface area contributed by atoms with Gasteiger partial charge >= 0.3 is 0 Å². The lowest BCUT2D eigenvalue weighted by Crippen LogP contribution is -2.69. The van der Waals surface area contributed by atoms with Gasteiger partial charge in [-0.1, -0.05) is 11.6 Å². The summed E-state index contributed by atoms with van der Waals surface area (Å²) in [4.78, 5) is 0. The van der Waals surface area contributed by atoms with E-state index in [0.29, 0.717) is 5.56 Å². The number of benzene rings is 1. The highest BCUT2D eigenvalue weighted by Crippen LogP contribution is 2.37. The van der Waals surface area contributed by atoms with Gasteiger partial charge in [-0.3, -0.25) is 0 Å². The molecule has 0 saturated carbocycles. The number of phenols is 1. The van der Waals surface area contributed by atoms with Gasteiger partial charge in [0, 0.05) is 11.1 Å². The molecular formula is C25H40ClN3O14. The average Bonchev–Trinajstić information content (AvgIpc) is 2.97. The third-order valence-electron chi connectivity index (χ3n) is 7.88. The van der Waals surface area contributed by atoms with E-state index < -0.39 is 112 Å². The van der Waals surface area contributed by atoms with Crippen LogP contribution in [0.15, 0.2) is 12.1 Å². The highest BCUT2D eigenvalue weighted by molar-refractivity contribution is 6.31. The molecular weight excluding hydrogens is 602 g/mol. The van der Waals surface area contributed by atoms with Crippen molar-refractivity contribution in [3.05, 3.63) is 22.7 Å². The second-order valence-electron chi connectivity index (χ2n) is 10.8. The lowest BCUT2D eigenvalue weighted by atomic mass is 9.93. The molecule has 3 heterocycles. The summed E-state index contributed by atoms with van der Waals surface area (Å²) in [6.07, 6.45) is -17.8. The van der Waals surface area contributed by atoms with Crippen LogP contribution < -0.4 is 16.8 Å². The Balaban J connectivity index is 1.67. The normalized spacial score (nSPS) is 43.9. The first-order valence-corrected chi connectivity index (χ1v) is 14.0. The van der Waals surface area contributed by atoms with E-state index in [1.54, 1.807) is 6.92 Å². The van der Waals surface area contributed by atoms with Crippen molar-refractivity contribution in [2.45, 2.75) is 98.9 Å². The van der Waals surface area contributed by atoms with E-state index in [9.17, 15) is 46.0 Å². The van der Waals surface area contributed by atoms with Crippen LogP contribution >= 0.6 is 11.6 Å². The number of aryl methyl sites for hydroxylation is 1. The summed E-state index contributed by atoms with van der Waals surface area (Å²) in [5, 5.41) is 96.2. The molecule has 0 aromatic heterocycles. The van der Waals surface area contributed by atoms with Crippen molar-refractivity contribution in [1.82, 2.24) is 0 Å². The zero-order valence-corrected chi connectivity index (χ0v) is 23.8. The fourth-order valence-corrected chi connectivity index (χ4v) is 5.66. The summed E-state index contributed by atoms with van der Waals surface area (Å²) < 4.78 is 28.6. The molecule has 1 aromatic rings. The number of hydrogen-bond donors (Lipinski definition) is 12. The van der Waals surface area contributed by atoms with E-state index in [0.717, 1.165) is 0 Å². The van der Waals surface area contributed by atoms with Crippen LogP contribution in [-0.2, 0) is 23.7 Å². The number of phenolic OH excluding ortho intramolecular Hbond substituents is 1. The molecule has 18 heteroatoms. The van der Waals surface area contributed by atoms with Crippen molar-refractivity contribution in [3.8, 4) is 5.75 Å². The summed E-state index contributed by atoms with van der Waals surface area (Å²) in [6.45, 7) is -0.548. The molecule has 14 N–H and O–H groups in total. The molecule has 2 unspecified atom stereocenters. The predicted octanol–water partition coefficient (Wildman–Crippen LogP) is -4.85. The van der Waals surface area contributed by atoms with E-state index in [4.69, 9.17) is 46.8 Å². The number of nitrogens with one attached hydrogen (secondary N) is 1. The predicted molar refractivity (Wildman–Crippen MR) is 144 cm³/mol. The van der Waals surface area contributed by atoms with Gasteiger partial charge in [0.1, 0.15) is 66.7 Å². The molecule has 4 rings (SSSR count). The standard InChI is InChI=1S/C25H40ClN3O14/c1-7-2-8(26)3-9(33)15(7)29-16-20(37)22(42-24-14(28)18(35)17(34)10(4-30)40-24)12(6-32)41-25(16)43-21-11(5-31)39-23(38)13(27)19(21)36/h2-3,10-14,16-25,29-38H,4-6,27-28H2,1H3/t10-,11-,12-,13-,14-,16-,17-,18-,19-,20-,21?,22?,23-,24+,25+/m1/s1. The lowest BCUT2D eigenvalue weighted by molar-refractivity contribution is -0.346. The van der Waals surface area contributed by atoms with E-state index in [2.05, 4.69) is 5.32 Å². The number of aromatic hydroxyl groups is 1. The van der Waals surface area contributed by atoms with Gasteiger partial charge in [-0.2, -0.15) is 0 Å². The molecule has 0 radical (unpaired) electrons. The topological polar surface area (TPSA) is 292 Å². The van der Waals surface area contributed by atoms with Crippen LogP contribution in [-0.4, -0.2) is 158 Å². The number of hydrogen-bond acceptors (Lipinski definition) is 17. The summed E-state index contributed by atoms with van der Waals surface area (Å²) in [5.41, 5.74) is 12.4. The molecule has 0 bridgehead atoms. The van der Waals surface area contributed by atoms with Crippen LogP contribution in [0.3, 0.4) is 0 Å². The minimum Gasteiger partial charge on any atom is -0.506 e. The number of rotatable bonds is 9. The van der Waals surface area contributed by atoms with Gasteiger partial charge in [0.05, 0.1) is 37.6 Å². The SMILES string of the molecule is Cc1cc(Cl)cc(O)c1N[C@H]1[C@H](OC2[C@@H](CO)O[C@@H](O)[C@H](N)[C@H]2O)O[C@H](CO)C(O[C@@H]2O[C@H](CO)[C@@H](O)[C@H](O)[C@H]2N)[C@@H]1O. The number of halogens is 1. The summed E-state index contributed by atoms with van der Waals surface area (Å²) in [7, 11) is 0. The fraction of sp³-hybridized carbons (Fsp3) is 0.760. The lowest BCUT2D eigenvalue weighted by Gasteiger charge is -2.49. The minimum absolute atomic E-state index is 0.0997. The molecule has 0 spiro atoms. The van der Waals surface area contributed by atoms with Gasteiger partial charge in [0.15, 0.2) is 18.9 Å². The molecule has 3 fully saturated rings. The van der Waals surface area contributed by atoms with Crippen molar-refractivity contribution in [1.29, 1.82) is 0 Å². The van der Waals surface area contributed by atoms with E-state index in [1.165, 1.54) is 12.1 Å². The second kappa shape index (κ2) is 14.3. The largest absolute Gasteiger partial charge is 0.506 e. The summed E-state index contributed by atoms with van der Waals surface area (Å²) >= 11 is 6.04. The van der Waals surface area contributed by atoms with Crippen LogP contribution in [0.1, 0.15) is 5.56 Å². The Labute approximate surface area is 251 Å². The number of aliphatic hydroxyl groups excluding tert-OH is 8. The smallest absolute Gasteiger partial charge is 0.181 e. The number of anilines is 1. The van der Waals surface area contributed by atoms with Crippen LogP contribution in [0, 0.1) is 6.92 Å². The van der Waals surface area contributed by atoms with Gasteiger partial charge in [-0.25, -0.2) is 0 Å². The van der Waals surface area contributed by atoms with E-state index in [1.807, 2.05) is 0 Å². The third kappa shape index (κ3) is 7.02. The van der Waals surface area contributed by atoms with E-state index >= 15 is 0 Å². The third-order valence-corrected chi connectivity index (χ3v) is 8.09. The van der Waals surface area contributed by atoms with Crippen LogP contribution in [0.25, 0.3) is 0 Å². The molecule has 0 aliphatic carbocycles. The molecule has 0 amide bonds. The van der Waals surface area contributed by atoms with Gasteiger partial charge in [-0.05, 0) is 18.6 Å². The minimum atomic E-state index is -1.67. The number of ether oxygens (including phenoxy) is 5. The molecule has 17 nitrogen and oxygen atoms in total. The summed E-state index contributed by atoms with van der Waals surface area (Å²) in [5.74, 6) is -0.308. The van der Waals surface area contributed by atoms with Gasteiger partial charge < -0.3 is 86.4 Å². The Hall–Kier alpha value is -1.49. The molecule has 1 aromatic carbocycles. The van der Waals surface area contributed by atoms with Gasteiger partial charge in [0.2, 0.25) is 0 Å². The summed E-state index contributed by atoms with van der Waals surface area (Å²) in [6, 6.07) is -1.29. The Morgan fingerprint density at radius 2 is 1.33 bits per heavy atom. The zero-order chi connectivity index (χ0) is 31.7. The quantitative estimate of drug-likeness (QED) is 0.112. The molecule has 246 valence electrons. The molecule has 15 atom stereocenters.